The molecule has 2 atom stereocenters. The number of carbonyl (C=O) groups is 2. The molecule has 2 saturated heterocycles. The fourth-order valence-corrected chi connectivity index (χ4v) is 4.30. The summed E-state index contributed by atoms with van der Waals surface area (Å²) >= 11 is 0. The largest absolute Gasteiger partial charge is 0.352 e. The zero-order chi connectivity index (χ0) is 19.2. The Morgan fingerprint density at radius 3 is 2.59 bits per heavy atom. The van der Waals surface area contributed by atoms with Gasteiger partial charge in [0.2, 0.25) is 11.8 Å². The molecule has 3 rings (SSSR count). The number of rotatable bonds is 5. The summed E-state index contributed by atoms with van der Waals surface area (Å²) in [6.45, 7) is 7.89. The molecule has 5 nitrogen and oxygen atoms in total. The summed E-state index contributed by atoms with van der Waals surface area (Å²) in [5, 5.41) is 3.12. The van der Waals surface area contributed by atoms with Gasteiger partial charge in [-0.05, 0) is 50.3 Å². The number of carbonyl (C=O) groups excluding carboxylic acids is 2. The molecule has 0 radical (unpaired) electrons. The lowest BCUT2D eigenvalue weighted by atomic mass is 9.96. The van der Waals surface area contributed by atoms with Crippen LogP contribution >= 0.6 is 0 Å². The lowest BCUT2D eigenvalue weighted by Crippen LogP contribution is -2.44. The van der Waals surface area contributed by atoms with Gasteiger partial charge in [-0.25, -0.2) is 0 Å². The Bertz CT molecular complexity index is 661. The Morgan fingerprint density at radius 2 is 1.85 bits per heavy atom. The van der Waals surface area contributed by atoms with Crippen LogP contribution in [0, 0.1) is 5.92 Å². The first kappa shape index (κ1) is 19.9. The van der Waals surface area contributed by atoms with Crippen LogP contribution in [-0.2, 0) is 22.7 Å². The van der Waals surface area contributed by atoms with Crippen molar-refractivity contribution in [1.29, 1.82) is 0 Å². The lowest BCUT2D eigenvalue weighted by Gasteiger charge is -2.34. The first-order valence-electron chi connectivity index (χ1n) is 10.4. The molecule has 0 saturated carbocycles. The Labute approximate surface area is 163 Å². The van der Waals surface area contributed by atoms with Crippen molar-refractivity contribution in [1.82, 2.24) is 15.1 Å². The Hall–Kier alpha value is -1.88. The average Bonchev–Trinajstić information content (AvgIpc) is 2.69. The molecule has 1 aromatic rings. The Balaban J connectivity index is 1.57. The van der Waals surface area contributed by atoms with E-state index in [-0.39, 0.29) is 17.7 Å². The highest BCUT2D eigenvalue weighted by molar-refractivity contribution is 5.80. The van der Waals surface area contributed by atoms with Crippen LogP contribution in [0.1, 0.15) is 57.1 Å². The van der Waals surface area contributed by atoms with E-state index in [4.69, 9.17) is 0 Å². The average molecular weight is 372 g/mol. The van der Waals surface area contributed by atoms with Gasteiger partial charge < -0.3 is 10.2 Å². The quantitative estimate of drug-likeness (QED) is 0.866. The number of amides is 2. The second-order valence-corrected chi connectivity index (χ2v) is 8.11. The number of benzene rings is 1. The van der Waals surface area contributed by atoms with E-state index >= 15 is 0 Å². The van der Waals surface area contributed by atoms with Crippen LogP contribution < -0.4 is 5.32 Å². The van der Waals surface area contributed by atoms with Gasteiger partial charge in [-0.15, -0.1) is 0 Å². The van der Waals surface area contributed by atoms with Crippen molar-refractivity contribution in [3.05, 3.63) is 35.4 Å². The van der Waals surface area contributed by atoms with E-state index in [0.29, 0.717) is 19.1 Å². The molecule has 2 heterocycles. The van der Waals surface area contributed by atoms with Crippen molar-refractivity contribution in [3.8, 4) is 0 Å². The molecule has 2 aliphatic heterocycles. The minimum absolute atomic E-state index is 0.0634. The third kappa shape index (κ3) is 5.32. The fourth-order valence-electron chi connectivity index (χ4n) is 4.30. The van der Waals surface area contributed by atoms with Gasteiger partial charge in [0.25, 0.3) is 0 Å². The van der Waals surface area contributed by atoms with Gasteiger partial charge in [0, 0.05) is 39.1 Å². The van der Waals surface area contributed by atoms with E-state index < -0.39 is 0 Å². The van der Waals surface area contributed by atoms with Crippen molar-refractivity contribution in [2.45, 2.75) is 65.1 Å². The highest BCUT2D eigenvalue weighted by Gasteiger charge is 2.27. The molecule has 2 aliphatic rings. The van der Waals surface area contributed by atoms with Crippen LogP contribution in [0.15, 0.2) is 24.3 Å². The van der Waals surface area contributed by atoms with Gasteiger partial charge in [-0.2, -0.15) is 0 Å². The maximum atomic E-state index is 12.6. The molecule has 0 spiro atoms. The monoisotopic (exact) mass is 371 g/mol. The molecule has 27 heavy (non-hydrogen) atoms. The summed E-state index contributed by atoms with van der Waals surface area (Å²) in [5.41, 5.74) is 2.50. The topological polar surface area (TPSA) is 52.7 Å². The van der Waals surface area contributed by atoms with Crippen LogP contribution in [0.5, 0.6) is 0 Å². The molecule has 1 N–H and O–H groups in total. The summed E-state index contributed by atoms with van der Waals surface area (Å²) in [4.78, 5) is 28.6. The zero-order valence-electron chi connectivity index (χ0n) is 16.7. The number of nitrogens with one attached hydrogen (secondary N) is 1. The first-order valence-corrected chi connectivity index (χ1v) is 10.4. The molecule has 1 aromatic carbocycles. The summed E-state index contributed by atoms with van der Waals surface area (Å²) < 4.78 is 0. The molecular weight excluding hydrogens is 338 g/mol. The normalized spacial score (nSPS) is 23.9. The van der Waals surface area contributed by atoms with Crippen molar-refractivity contribution < 1.29 is 9.59 Å². The first-order chi connectivity index (χ1) is 13.0. The molecular formula is C22H33N3O2. The van der Waals surface area contributed by atoms with Gasteiger partial charge in [0.15, 0.2) is 0 Å². The van der Waals surface area contributed by atoms with Crippen molar-refractivity contribution in [3.63, 3.8) is 0 Å². The van der Waals surface area contributed by atoms with E-state index in [2.05, 4.69) is 35.3 Å². The minimum Gasteiger partial charge on any atom is -0.352 e. The summed E-state index contributed by atoms with van der Waals surface area (Å²) in [7, 11) is 0. The van der Waals surface area contributed by atoms with Gasteiger partial charge >= 0.3 is 0 Å². The molecule has 2 fully saturated rings. The van der Waals surface area contributed by atoms with Crippen LogP contribution in [0.2, 0.25) is 0 Å². The lowest BCUT2D eigenvalue weighted by molar-refractivity contribution is -0.134. The SMILES string of the molecule is CC(=O)N1CCC[C@H](C(=O)NCc2ccccc2CN2CCCC[C@H]2C)C1. The number of hydrogen-bond donors (Lipinski definition) is 1. The third-order valence-corrected chi connectivity index (χ3v) is 6.12. The van der Waals surface area contributed by atoms with Gasteiger partial charge in [0.05, 0.1) is 5.92 Å². The second-order valence-electron chi connectivity index (χ2n) is 8.11. The molecule has 0 aromatic heterocycles. The van der Waals surface area contributed by atoms with Gasteiger partial charge in [0.1, 0.15) is 0 Å². The summed E-state index contributed by atoms with van der Waals surface area (Å²) in [5.74, 6) is 0.0486. The van der Waals surface area contributed by atoms with Crippen molar-refractivity contribution in [2.75, 3.05) is 19.6 Å². The second kappa shape index (κ2) is 9.36. The van der Waals surface area contributed by atoms with E-state index in [1.165, 1.54) is 30.4 Å². The van der Waals surface area contributed by atoms with E-state index in [9.17, 15) is 9.59 Å². The fraction of sp³-hybridized carbons (Fsp3) is 0.636. The summed E-state index contributed by atoms with van der Waals surface area (Å²) in [6.07, 6.45) is 5.64. The zero-order valence-corrected chi connectivity index (χ0v) is 16.7. The highest BCUT2D eigenvalue weighted by Crippen LogP contribution is 2.21. The Kier molecular flexibility index (Phi) is 6.89. The Morgan fingerprint density at radius 1 is 1.07 bits per heavy atom. The van der Waals surface area contributed by atoms with Crippen molar-refractivity contribution >= 4 is 11.8 Å². The van der Waals surface area contributed by atoms with E-state index in [1.807, 2.05) is 6.07 Å². The molecule has 0 bridgehead atoms. The number of piperidine rings is 2. The molecule has 5 heteroatoms. The molecule has 0 aliphatic carbocycles. The highest BCUT2D eigenvalue weighted by atomic mass is 16.2. The minimum atomic E-state index is -0.0862. The predicted molar refractivity (Wildman–Crippen MR) is 107 cm³/mol. The number of nitrogens with zero attached hydrogens (tertiary/aromatic N) is 2. The van der Waals surface area contributed by atoms with Crippen LogP contribution in [0.4, 0.5) is 0 Å². The standard InChI is InChI=1S/C22H33N3O2/c1-17-8-5-6-12-24(17)15-20-10-4-3-9-19(20)14-23-22(27)21-11-7-13-25(16-21)18(2)26/h3-4,9-10,17,21H,5-8,11-16H2,1-2H3,(H,23,27)/t17-,21+/m1/s1. The number of hydrogen-bond acceptors (Lipinski definition) is 3. The van der Waals surface area contributed by atoms with E-state index in [1.54, 1.807) is 11.8 Å². The smallest absolute Gasteiger partial charge is 0.225 e. The molecule has 2 amide bonds. The summed E-state index contributed by atoms with van der Waals surface area (Å²) in [6, 6.07) is 9.05. The van der Waals surface area contributed by atoms with Crippen LogP contribution in [-0.4, -0.2) is 47.3 Å². The predicted octanol–water partition coefficient (Wildman–Crippen LogP) is 2.94. The molecule has 0 unspecified atom stereocenters. The van der Waals surface area contributed by atoms with Gasteiger partial charge in [-0.3, -0.25) is 14.5 Å². The van der Waals surface area contributed by atoms with Crippen LogP contribution in [0.25, 0.3) is 0 Å². The molecule has 148 valence electrons. The van der Waals surface area contributed by atoms with Crippen molar-refractivity contribution in [2.24, 2.45) is 5.92 Å². The number of likely N-dealkylation sites (tertiary alicyclic amines) is 2. The van der Waals surface area contributed by atoms with Gasteiger partial charge in [-0.1, -0.05) is 30.7 Å². The van der Waals surface area contributed by atoms with Crippen LogP contribution in [0.3, 0.4) is 0 Å². The van der Waals surface area contributed by atoms with E-state index in [0.717, 1.165) is 32.5 Å². The maximum Gasteiger partial charge on any atom is 0.225 e. The third-order valence-electron chi connectivity index (χ3n) is 6.12. The maximum absolute atomic E-state index is 12.6.